The molecule has 0 spiro atoms. The summed E-state index contributed by atoms with van der Waals surface area (Å²) in [5.41, 5.74) is 1.79. The van der Waals surface area contributed by atoms with Crippen LogP contribution in [0, 0.1) is 11.3 Å². The molecule has 18 heavy (non-hydrogen) atoms. The summed E-state index contributed by atoms with van der Waals surface area (Å²) >= 11 is 5.21. The first kappa shape index (κ1) is 13.1. The third kappa shape index (κ3) is 3.12. The van der Waals surface area contributed by atoms with Gasteiger partial charge in [0.1, 0.15) is 6.07 Å². The molecule has 0 atom stereocenters. The molecule has 0 fully saturated rings. The van der Waals surface area contributed by atoms with Crippen LogP contribution in [-0.2, 0) is 6.42 Å². The highest BCUT2D eigenvalue weighted by Gasteiger charge is 2.05. The Hall–Kier alpha value is -1.31. The Labute approximate surface area is 120 Å². The molecule has 0 aliphatic heterocycles. The SMILES string of the molecule is CN(CCc1cccs1)c1ccc(C#N)c(Br)c1. The van der Waals surface area contributed by atoms with E-state index in [9.17, 15) is 0 Å². The van der Waals surface area contributed by atoms with Crippen LogP contribution in [0.5, 0.6) is 0 Å². The maximum atomic E-state index is 8.88. The lowest BCUT2D eigenvalue weighted by Gasteiger charge is -2.19. The lowest BCUT2D eigenvalue weighted by molar-refractivity contribution is 0.887. The van der Waals surface area contributed by atoms with Gasteiger partial charge in [-0.15, -0.1) is 11.3 Å². The monoisotopic (exact) mass is 320 g/mol. The number of nitriles is 1. The second kappa shape index (κ2) is 6.03. The van der Waals surface area contributed by atoms with Gasteiger partial charge >= 0.3 is 0 Å². The molecule has 92 valence electrons. The summed E-state index contributed by atoms with van der Waals surface area (Å²) < 4.78 is 0.852. The number of hydrogen-bond acceptors (Lipinski definition) is 3. The number of benzene rings is 1. The minimum atomic E-state index is 0.672. The van der Waals surface area contributed by atoms with E-state index in [-0.39, 0.29) is 0 Å². The zero-order valence-corrected chi connectivity index (χ0v) is 12.5. The van der Waals surface area contributed by atoms with Crippen LogP contribution in [0.15, 0.2) is 40.2 Å². The lowest BCUT2D eigenvalue weighted by Crippen LogP contribution is -2.19. The highest BCUT2D eigenvalue weighted by atomic mass is 79.9. The first-order chi connectivity index (χ1) is 8.70. The summed E-state index contributed by atoms with van der Waals surface area (Å²) in [5.74, 6) is 0. The van der Waals surface area contributed by atoms with E-state index in [0.29, 0.717) is 5.56 Å². The van der Waals surface area contributed by atoms with Crippen molar-refractivity contribution in [3.8, 4) is 6.07 Å². The van der Waals surface area contributed by atoms with E-state index in [0.717, 1.165) is 23.1 Å². The largest absolute Gasteiger partial charge is 0.374 e. The molecule has 0 unspecified atom stereocenters. The fourth-order valence-corrected chi connectivity index (χ4v) is 2.85. The summed E-state index contributed by atoms with van der Waals surface area (Å²) in [7, 11) is 2.07. The second-order valence-corrected chi connectivity index (χ2v) is 5.91. The first-order valence-electron chi connectivity index (χ1n) is 5.64. The van der Waals surface area contributed by atoms with Gasteiger partial charge in [-0.25, -0.2) is 0 Å². The number of thiophene rings is 1. The smallest absolute Gasteiger partial charge is 0.100 e. The molecule has 1 aromatic carbocycles. The average Bonchev–Trinajstić information content (AvgIpc) is 2.89. The standard InChI is InChI=1S/C14H13BrN2S/c1-17(7-6-13-3-2-8-18-13)12-5-4-11(10-16)14(15)9-12/h2-5,8-9H,6-7H2,1H3. The predicted molar refractivity (Wildman–Crippen MR) is 80.2 cm³/mol. The molecule has 0 aliphatic rings. The van der Waals surface area contributed by atoms with Crippen LogP contribution in [0.2, 0.25) is 0 Å². The quantitative estimate of drug-likeness (QED) is 0.849. The van der Waals surface area contributed by atoms with Gasteiger partial charge in [-0.2, -0.15) is 5.26 Å². The normalized spacial score (nSPS) is 10.1. The zero-order chi connectivity index (χ0) is 13.0. The van der Waals surface area contributed by atoms with Gasteiger partial charge in [0.15, 0.2) is 0 Å². The van der Waals surface area contributed by atoms with Crippen LogP contribution in [-0.4, -0.2) is 13.6 Å². The molecule has 2 rings (SSSR count). The van der Waals surface area contributed by atoms with E-state index < -0.39 is 0 Å². The zero-order valence-electron chi connectivity index (χ0n) is 10.1. The molecule has 2 aromatic rings. The first-order valence-corrected chi connectivity index (χ1v) is 7.31. The van der Waals surface area contributed by atoms with Crippen molar-refractivity contribution >= 4 is 33.0 Å². The summed E-state index contributed by atoms with van der Waals surface area (Å²) in [6, 6.07) is 12.2. The molecule has 0 bridgehead atoms. The van der Waals surface area contributed by atoms with Crippen LogP contribution < -0.4 is 4.90 Å². The minimum absolute atomic E-state index is 0.672. The van der Waals surface area contributed by atoms with Gasteiger partial charge in [0.25, 0.3) is 0 Å². The Morgan fingerprint density at radius 3 is 2.83 bits per heavy atom. The van der Waals surface area contributed by atoms with Crippen molar-refractivity contribution in [3.63, 3.8) is 0 Å². The Morgan fingerprint density at radius 2 is 2.22 bits per heavy atom. The molecule has 0 N–H and O–H groups in total. The molecule has 0 aliphatic carbocycles. The van der Waals surface area contributed by atoms with E-state index in [1.807, 2.05) is 18.2 Å². The summed E-state index contributed by atoms with van der Waals surface area (Å²) in [6.45, 7) is 0.971. The maximum absolute atomic E-state index is 8.88. The Balaban J connectivity index is 2.03. The van der Waals surface area contributed by atoms with E-state index in [1.165, 1.54) is 4.88 Å². The third-order valence-corrected chi connectivity index (χ3v) is 4.38. The highest BCUT2D eigenvalue weighted by Crippen LogP contribution is 2.23. The van der Waals surface area contributed by atoms with Gasteiger partial charge in [-0.1, -0.05) is 6.07 Å². The van der Waals surface area contributed by atoms with Gasteiger partial charge in [-0.05, 0) is 52.0 Å². The number of halogens is 1. The van der Waals surface area contributed by atoms with Crippen LogP contribution in [0.4, 0.5) is 5.69 Å². The Kier molecular flexibility index (Phi) is 4.40. The Morgan fingerprint density at radius 1 is 1.39 bits per heavy atom. The topological polar surface area (TPSA) is 27.0 Å². The molecular weight excluding hydrogens is 308 g/mol. The average molecular weight is 321 g/mol. The van der Waals surface area contributed by atoms with Gasteiger partial charge in [0.2, 0.25) is 0 Å². The third-order valence-electron chi connectivity index (χ3n) is 2.79. The molecule has 0 amide bonds. The van der Waals surface area contributed by atoms with Gasteiger partial charge < -0.3 is 4.90 Å². The van der Waals surface area contributed by atoms with Crippen molar-refractivity contribution in [2.24, 2.45) is 0 Å². The van der Waals surface area contributed by atoms with Crippen molar-refractivity contribution in [1.29, 1.82) is 5.26 Å². The highest BCUT2D eigenvalue weighted by molar-refractivity contribution is 9.10. The molecule has 2 nitrogen and oxygen atoms in total. The number of anilines is 1. The van der Waals surface area contributed by atoms with Crippen molar-refractivity contribution < 1.29 is 0 Å². The van der Waals surface area contributed by atoms with Gasteiger partial charge in [0, 0.05) is 28.6 Å². The van der Waals surface area contributed by atoms with Crippen LogP contribution in [0.1, 0.15) is 10.4 Å². The van der Waals surface area contributed by atoms with Crippen LogP contribution in [0.3, 0.4) is 0 Å². The molecule has 4 heteroatoms. The summed E-state index contributed by atoms with van der Waals surface area (Å²) in [4.78, 5) is 3.60. The predicted octanol–water partition coefficient (Wildman–Crippen LogP) is 4.06. The van der Waals surface area contributed by atoms with E-state index in [2.05, 4.69) is 51.5 Å². The van der Waals surface area contributed by atoms with Crippen LogP contribution in [0.25, 0.3) is 0 Å². The van der Waals surface area contributed by atoms with Gasteiger partial charge in [0.05, 0.1) is 5.56 Å². The van der Waals surface area contributed by atoms with Crippen molar-refractivity contribution in [2.75, 3.05) is 18.5 Å². The molecule has 1 heterocycles. The Bertz CT molecular complexity index is 558. The summed E-state index contributed by atoms with van der Waals surface area (Å²) in [5, 5.41) is 11.0. The lowest BCUT2D eigenvalue weighted by atomic mass is 10.2. The van der Waals surface area contributed by atoms with Gasteiger partial charge in [-0.3, -0.25) is 0 Å². The number of nitrogens with zero attached hydrogens (tertiary/aromatic N) is 2. The van der Waals surface area contributed by atoms with E-state index in [4.69, 9.17) is 5.26 Å². The fraction of sp³-hybridized carbons (Fsp3) is 0.214. The minimum Gasteiger partial charge on any atom is -0.374 e. The molecule has 1 aromatic heterocycles. The number of rotatable bonds is 4. The summed E-state index contributed by atoms with van der Waals surface area (Å²) in [6.07, 6.45) is 1.05. The maximum Gasteiger partial charge on any atom is 0.100 e. The molecule has 0 saturated carbocycles. The number of hydrogen-bond donors (Lipinski definition) is 0. The van der Waals surface area contributed by atoms with Crippen molar-refractivity contribution in [1.82, 2.24) is 0 Å². The second-order valence-electron chi connectivity index (χ2n) is 4.03. The van der Waals surface area contributed by atoms with E-state index >= 15 is 0 Å². The molecule has 0 radical (unpaired) electrons. The molecular formula is C14H13BrN2S. The van der Waals surface area contributed by atoms with E-state index in [1.54, 1.807) is 11.3 Å². The van der Waals surface area contributed by atoms with Crippen molar-refractivity contribution in [2.45, 2.75) is 6.42 Å². The molecule has 0 saturated heterocycles. The van der Waals surface area contributed by atoms with Crippen molar-refractivity contribution in [3.05, 3.63) is 50.6 Å². The number of likely N-dealkylation sites (N-methyl/N-ethyl adjacent to an activating group) is 1. The van der Waals surface area contributed by atoms with Crippen LogP contribution >= 0.6 is 27.3 Å². The fourth-order valence-electron chi connectivity index (χ4n) is 1.69.